The molecule has 2 aliphatic rings. The van der Waals surface area contributed by atoms with E-state index in [1.165, 1.54) is 12.1 Å². The Hall–Kier alpha value is -3.64. The van der Waals surface area contributed by atoms with Gasteiger partial charge in [0, 0.05) is 18.4 Å². The summed E-state index contributed by atoms with van der Waals surface area (Å²) in [6.45, 7) is 18.4. The van der Waals surface area contributed by atoms with Crippen LogP contribution in [-0.2, 0) is 35.9 Å². The molecule has 0 N–H and O–H groups in total. The van der Waals surface area contributed by atoms with Gasteiger partial charge in [-0.3, -0.25) is 0 Å². The van der Waals surface area contributed by atoms with Crippen molar-refractivity contribution in [3.8, 4) is 11.5 Å². The number of hydrogen-bond acceptors (Lipinski definition) is 8. The molecule has 3 aromatic rings. The van der Waals surface area contributed by atoms with Gasteiger partial charge < -0.3 is 23.4 Å². The number of benzene rings is 3. The van der Waals surface area contributed by atoms with Crippen molar-refractivity contribution in [1.82, 2.24) is 4.31 Å². The van der Waals surface area contributed by atoms with Crippen molar-refractivity contribution in [2.75, 3.05) is 13.3 Å². The van der Waals surface area contributed by atoms with Gasteiger partial charge in [-0.25, -0.2) is 17.5 Å². The van der Waals surface area contributed by atoms with Crippen molar-refractivity contribution in [2.45, 2.75) is 114 Å². The van der Waals surface area contributed by atoms with Crippen molar-refractivity contribution < 1.29 is 36.6 Å². The lowest BCUT2D eigenvalue weighted by Crippen LogP contribution is -2.51. The SMILES string of the molecule is Cc1ccc(S(=O)(=O)N(CC[C@@]2(c3ccc4c(c3)OCO4)C=C[C@H](O[Si](C)(C)C(C)(C)C)C[C@@H]2OCc2ccccc2)C(=O)OC(C)(C)C)cc1. The zero-order chi connectivity index (χ0) is 37.2. The van der Waals surface area contributed by atoms with Crippen LogP contribution in [-0.4, -0.2) is 58.3 Å². The van der Waals surface area contributed by atoms with Crippen molar-refractivity contribution in [2.24, 2.45) is 0 Å². The number of aryl methyl sites for hydroxylation is 1. The molecule has 0 radical (unpaired) electrons. The highest BCUT2D eigenvalue weighted by atomic mass is 32.2. The summed E-state index contributed by atoms with van der Waals surface area (Å²) in [5, 5.41) is -0.00858. The Balaban J connectivity index is 1.61. The monoisotopic (exact) mass is 735 g/mol. The molecule has 1 amide bonds. The van der Waals surface area contributed by atoms with Crippen LogP contribution in [0.15, 0.2) is 89.8 Å². The molecule has 9 nitrogen and oxygen atoms in total. The van der Waals surface area contributed by atoms with Crippen LogP contribution in [0.5, 0.6) is 11.5 Å². The molecule has 3 aromatic carbocycles. The summed E-state index contributed by atoms with van der Waals surface area (Å²) in [6, 6.07) is 22.2. The molecule has 0 fully saturated rings. The minimum absolute atomic E-state index is 0.00858. The molecule has 1 aliphatic heterocycles. The molecule has 0 bridgehead atoms. The molecule has 0 saturated heterocycles. The lowest BCUT2D eigenvalue weighted by atomic mass is 9.68. The maximum absolute atomic E-state index is 14.3. The van der Waals surface area contributed by atoms with Crippen LogP contribution in [0.4, 0.5) is 4.79 Å². The van der Waals surface area contributed by atoms with Gasteiger partial charge in [-0.15, -0.1) is 0 Å². The van der Waals surface area contributed by atoms with Crippen LogP contribution >= 0.6 is 0 Å². The van der Waals surface area contributed by atoms with Gasteiger partial charge in [-0.1, -0.05) is 87.0 Å². The molecule has 1 heterocycles. The van der Waals surface area contributed by atoms with Crippen LogP contribution in [0.3, 0.4) is 0 Å². The lowest BCUT2D eigenvalue weighted by molar-refractivity contribution is -0.0325. The van der Waals surface area contributed by atoms with E-state index in [4.69, 9.17) is 23.4 Å². The molecule has 0 spiro atoms. The van der Waals surface area contributed by atoms with Crippen molar-refractivity contribution in [3.05, 3.63) is 102 Å². The van der Waals surface area contributed by atoms with Gasteiger partial charge in [-0.05, 0) is 87.6 Å². The highest BCUT2D eigenvalue weighted by Gasteiger charge is 2.47. The van der Waals surface area contributed by atoms with E-state index in [0.29, 0.717) is 24.5 Å². The van der Waals surface area contributed by atoms with Crippen LogP contribution < -0.4 is 9.47 Å². The van der Waals surface area contributed by atoms with E-state index in [1.807, 2.05) is 55.5 Å². The number of amides is 1. The Labute approximate surface area is 305 Å². The Bertz CT molecular complexity index is 1810. The first kappa shape index (κ1) is 38.6. The Morgan fingerprint density at radius 3 is 2.25 bits per heavy atom. The maximum atomic E-state index is 14.3. The summed E-state index contributed by atoms with van der Waals surface area (Å²) in [5.74, 6) is 1.23. The lowest BCUT2D eigenvalue weighted by Gasteiger charge is -2.46. The summed E-state index contributed by atoms with van der Waals surface area (Å²) in [6.07, 6.45) is 3.24. The largest absolute Gasteiger partial charge is 0.454 e. The smallest absolute Gasteiger partial charge is 0.424 e. The van der Waals surface area contributed by atoms with Crippen molar-refractivity contribution in [3.63, 3.8) is 0 Å². The van der Waals surface area contributed by atoms with Crippen molar-refractivity contribution >= 4 is 24.4 Å². The number of sulfonamides is 1. The van der Waals surface area contributed by atoms with E-state index in [9.17, 15) is 13.2 Å². The van der Waals surface area contributed by atoms with Gasteiger partial charge >= 0.3 is 6.09 Å². The fourth-order valence-corrected chi connectivity index (χ4v) is 8.70. The first-order valence-corrected chi connectivity index (χ1v) is 21.9. The van der Waals surface area contributed by atoms with Crippen LogP contribution in [0.25, 0.3) is 0 Å². The molecule has 0 unspecified atom stereocenters. The van der Waals surface area contributed by atoms with Gasteiger partial charge in [0.05, 0.1) is 23.7 Å². The van der Waals surface area contributed by atoms with E-state index < -0.39 is 41.6 Å². The summed E-state index contributed by atoms with van der Waals surface area (Å²) in [4.78, 5) is 13.8. The first-order valence-electron chi connectivity index (χ1n) is 17.6. The van der Waals surface area contributed by atoms with E-state index in [2.05, 4.69) is 46.0 Å². The quantitative estimate of drug-likeness (QED) is 0.142. The normalized spacial score (nSPS) is 20.6. The first-order chi connectivity index (χ1) is 23.8. The molecule has 51 heavy (non-hydrogen) atoms. The zero-order valence-corrected chi connectivity index (χ0v) is 33.2. The van der Waals surface area contributed by atoms with Crippen LogP contribution in [0.1, 0.15) is 71.1 Å². The second-order valence-corrected chi connectivity index (χ2v) is 22.6. The Kier molecular flexibility index (Phi) is 11.2. The molecule has 0 aromatic heterocycles. The summed E-state index contributed by atoms with van der Waals surface area (Å²) in [5.41, 5.74) is 0.939. The summed E-state index contributed by atoms with van der Waals surface area (Å²) in [7, 11) is -6.48. The number of carbonyl (C=O) groups excluding carboxylic acids is 1. The van der Waals surface area contributed by atoms with Gasteiger partial charge in [0.2, 0.25) is 6.79 Å². The van der Waals surface area contributed by atoms with Crippen LogP contribution in [0, 0.1) is 6.92 Å². The van der Waals surface area contributed by atoms with Gasteiger partial charge in [0.15, 0.2) is 19.8 Å². The predicted octanol–water partition coefficient (Wildman–Crippen LogP) is 8.91. The third-order valence-corrected chi connectivity index (χ3v) is 16.3. The maximum Gasteiger partial charge on any atom is 0.424 e. The number of fused-ring (bicyclic) bond motifs is 1. The van der Waals surface area contributed by atoms with E-state index in [-0.39, 0.29) is 35.8 Å². The van der Waals surface area contributed by atoms with Gasteiger partial charge in [0.25, 0.3) is 10.0 Å². The molecule has 3 atom stereocenters. The average molecular weight is 736 g/mol. The Morgan fingerprint density at radius 1 is 0.941 bits per heavy atom. The number of nitrogens with zero attached hydrogens (tertiary/aromatic N) is 1. The number of carbonyl (C=O) groups is 1. The zero-order valence-electron chi connectivity index (χ0n) is 31.4. The predicted molar refractivity (Wildman–Crippen MR) is 201 cm³/mol. The third-order valence-electron chi connectivity index (χ3n) is 10.0. The number of rotatable bonds is 11. The minimum atomic E-state index is -4.30. The fraction of sp³-hybridized carbons (Fsp3) is 0.475. The molecular weight excluding hydrogens is 683 g/mol. The third kappa shape index (κ3) is 8.88. The van der Waals surface area contributed by atoms with Gasteiger partial charge in [0.1, 0.15) is 5.60 Å². The topological polar surface area (TPSA) is 101 Å². The highest BCUT2D eigenvalue weighted by Crippen LogP contribution is 2.47. The molecule has 5 rings (SSSR count). The van der Waals surface area contributed by atoms with Gasteiger partial charge in [-0.2, -0.15) is 0 Å². The summed E-state index contributed by atoms with van der Waals surface area (Å²) < 4.78 is 60.3. The highest BCUT2D eigenvalue weighted by molar-refractivity contribution is 7.89. The molecular formula is C40H53NO8SSi. The standard InChI is InChI=1S/C40H53NO8SSi/c1-29-15-18-33(19-16-29)50(43,44)41(37(42)48-38(2,3)4)24-23-40(31-17-20-34-35(25-31)47-28-46-34)22-21-32(49-51(8,9)39(5,6)7)26-36(40)45-27-30-13-11-10-12-14-30/h10-22,25,32,36H,23-24,26-28H2,1-9H3/t32-,36-,40+/m0/s1. The van der Waals surface area contributed by atoms with E-state index >= 15 is 0 Å². The molecule has 276 valence electrons. The number of ether oxygens (including phenoxy) is 4. The molecule has 0 saturated carbocycles. The number of hydrogen-bond donors (Lipinski definition) is 0. The van der Waals surface area contributed by atoms with E-state index in [0.717, 1.165) is 21.0 Å². The molecule has 11 heteroatoms. The fourth-order valence-electron chi connectivity index (χ4n) is 6.12. The summed E-state index contributed by atoms with van der Waals surface area (Å²) >= 11 is 0. The average Bonchev–Trinajstić information content (AvgIpc) is 3.52. The van der Waals surface area contributed by atoms with Crippen molar-refractivity contribution in [1.29, 1.82) is 0 Å². The second kappa shape index (κ2) is 14.8. The Morgan fingerprint density at radius 2 is 1.61 bits per heavy atom. The minimum Gasteiger partial charge on any atom is -0.454 e. The van der Waals surface area contributed by atoms with E-state index in [1.54, 1.807) is 32.9 Å². The second-order valence-electron chi connectivity index (χ2n) is 16.0. The van der Waals surface area contributed by atoms with Crippen LogP contribution in [0.2, 0.25) is 18.1 Å². The molecule has 1 aliphatic carbocycles.